The van der Waals surface area contributed by atoms with Crippen LogP contribution in [-0.4, -0.2) is 95.2 Å². The maximum atomic E-state index is 12.3. The van der Waals surface area contributed by atoms with E-state index in [1.807, 2.05) is 194 Å². The van der Waals surface area contributed by atoms with Crippen molar-refractivity contribution in [3.05, 3.63) is 287 Å². The third kappa shape index (κ3) is 22.6. The lowest BCUT2D eigenvalue weighted by Crippen LogP contribution is -2.66. The van der Waals surface area contributed by atoms with E-state index in [9.17, 15) is 5.11 Å². The molecule has 2 fully saturated rings. The fourth-order valence-electron chi connectivity index (χ4n) is 10.4. The second kappa shape index (κ2) is 35.1. The highest BCUT2D eigenvalue weighted by molar-refractivity contribution is 6.84. The van der Waals surface area contributed by atoms with Gasteiger partial charge in [0.2, 0.25) is 0 Å². The first-order valence-electron chi connectivity index (χ1n) is 31.5. The van der Waals surface area contributed by atoms with Gasteiger partial charge in [0.05, 0.1) is 66.1 Å². The van der Waals surface area contributed by atoms with Crippen molar-refractivity contribution >= 4 is 16.1 Å². The lowest BCUT2D eigenvalue weighted by molar-refractivity contribution is -0.347. The van der Waals surface area contributed by atoms with E-state index in [2.05, 4.69) is 111 Å². The van der Waals surface area contributed by atoms with Crippen LogP contribution in [0.1, 0.15) is 44.5 Å². The molecule has 2 saturated heterocycles. The zero-order valence-electron chi connectivity index (χ0n) is 53.4. The van der Waals surface area contributed by atoms with E-state index in [1.54, 1.807) is 0 Å². The summed E-state index contributed by atoms with van der Waals surface area (Å²) in [5.41, 5.74) is 15.2. The Bertz CT molecular complexity index is 3450. The zero-order valence-corrected chi connectivity index (χ0v) is 55.4. The van der Waals surface area contributed by atoms with Crippen LogP contribution < -0.4 is 0 Å². The van der Waals surface area contributed by atoms with Crippen molar-refractivity contribution < 1.29 is 52.5 Å². The molecule has 2 heterocycles. The van der Waals surface area contributed by atoms with Gasteiger partial charge in [-0.05, 0) is 50.4 Å². The molecule has 0 aliphatic carbocycles. The van der Waals surface area contributed by atoms with Crippen molar-refractivity contribution in [3.8, 4) is 22.9 Å². The van der Waals surface area contributed by atoms with Crippen molar-refractivity contribution in [2.24, 2.45) is 0 Å². The Hall–Kier alpha value is -7.13. The first-order valence-corrected chi connectivity index (χ1v) is 38.5. The molecule has 1 N–H and O–H groups in total. The van der Waals surface area contributed by atoms with E-state index < -0.39 is 76.9 Å². The maximum absolute atomic E-state index is 12.3. The summed E-state index contributed by atoms with van der Waals surface area (Å²) in [6.07, 6.45) is -5.41. The van der Waals surface area contributed by atoms with E-state index in [1.165, 1.54) is 0 Å². The van der Waals surface area contributed by atoms with Crippen LogP contribution in [0.15, 0.2) is 243 Å². The zero-order chi connectivity index (χ0) is 63.6. The summed E-state index contributed by atoms with van der Waals surface area (Å²) in [4.78, 5) is 0. The monoisotopic (exact) mass is 1260 g/mol. The van der Waals surface area contributed by atoms with Crippen molar-refractivity contribution in [2.45, 2.75) is 153 Å². The Morgan fingerprint density at radius 1 is 0.341 bits per heavy atom. The molecule has 0 spiro atoms. The minimum atomic E-state index is -1.97. The molecule has 91 heavy (non-hydrogen) atoms. The molecule has 0 radical (unpaired) electrons. The molecule has 10 rings (SSSR count). The summed E-state index contributed by atoms with van der Waals surface area (Å²) in [7, 11) is -3.64. The van der Waals surface area contributed by atoms with Crippen LogP contribution in [0.4, 0.5) is 0 Å². The predicted molar refractivity (Wildman–Crippen MR) is 363 cm³/mol. The molecule has 0 aromatic heterocycles. The Balaban J connectivity index is 0.000000215. The van der Waals surface area contributed by atoms with Crippen LogP contribution in [-0.2, 0) is 100 Å². The van der Waals surface area contributed by atoms with Gasteiger partial charge in [0.25, 0.3) is 5.79 Å². The van der Waals surface area contributed by atoms with Crippen molar-refractivity contribution in [2.75, 3.05) is 13.2 Å². The number of rotatable bonds is 26. The highest BCUT2D eigenvalue weighted by Crippen LogP contribution is 2.37. The minimum Gasteiger partial charge on any atom is -0.374 e. The molecule has 8 aromatic carbocycles. The van der Waals surface area contributed by atoms with Crippen LogP contribution in [0.5, 0.6) is 0 Å². The molecule has 2 aliphatic heterocycles. The molecule has 1 unspecified atom stereocenters. The lowest BCUT2D eigenvalue weighted by Gasteiger charge is -2.48. The maximum Gasteiger partial charge on any atom is 0.261 e. The SMILES string of the molecule is C[Si](C)(C)C#CC1(O)O[C@H](COCc2ccccc2)[C@@H](OCc2ccccc2)[C@H](OCc2ccccc2)[C@H]1OCc1ccccc1.C[Si](C)(C)C#C[C@@H]1O[C@H](COCc2ccccc2)[C@@H](OCc2ccccc2)[C@H](OCc2ccccc2)[C@H]1OCc1ccccc1. The number of hydrogen-bond acceptors (Lipinski definition) is 11. The third-order valence-corrected chi connectivity index (χ3v) is 16.8. The molecule has 11 nitrogen and oxygen atoms in total. The molecule has 0 saturated carbocycles. The van der Waals surface area contributed by atoms with Crippen molar-refractivity contribution in [1.29, 1.82) is 0 Å². The summed E-state index contributed by atoms with van der Waals surface area (Å²) in [5.74, 6) is 4.63. The summed E-state index contributed by atoms with van der Waals surface area (Å²) in [5, 5.41) is 12.3. The molecule has 474 valence electrons. The van der Waals surface area contributed by atoms with E-state index >= 15 is 0 Å². The van der Waals surface area contributed by atoms with Crippen LogP contribution in [0.2, 0.25) is 39.3 Å². The molecule has 2 aliphatic rings. The van der Waals surface area contributed by atoms with E-state index in [0.717, 1.165) is 44.5 Å². The summed E-state index contributed by atoms with van der Waals surface area (Å²) >= 11 is 0. The molecule has 10 atom stereocenters. The fourth-order valence-corrected chi connectivity index (χ4v) is 11.6. The molecular formula is C78H88O11Si2. The van der Waals surface area contributed by atoms with Gasteiger partial charge in [-0.15, -0.1) is 11.1 Å². The topological polar surface area (TPSA) is 113 Å². The number of aliphatic hydroxyl groups is 1. The van der Waals surface area contributed by atoms with Crippen LogP contribution >= 0.6 is 0 Å². The lowest BCUT2D eigenvalue weighted by atomic mass is 9.91. The standard InChI is InChI=1S/C39H44O6Si.C39H44O5Si/c1-46(2,3)25-24-39(40)38(44-29-34-22-14-7-15-23-34)37(43-28-33-20-12-6-13-21-33)36(42-27-32-18-10-5-11-19-32)35(45-39)30-41-26-31-16-8-4-9-17-31;1-45(2,3)25-24-35-37(41-27-32-18-10-5-11-19-32)39(43-29-34-22-14-7-15-23-34)38(42-28-33-20-12-6-13-21-33)36(44-35)30-40-26-31-16-8-4-9-17-31/h4-23,35-38,40H,26-30H2,1-3H3;4-23,35-39H,26-30H2,1-3H3/t35-,36-,37+,38-,39?;35-,36+,37-,38+,39+/m10/s1. The van der Waals surface area contributed by atoms with E-state index in [-0.39, 0.29) is 19.8 Å². The van der Waals surface area contributed by atoms with Gasteiger partial charge in [0.1, 0.15) is 65.0 Å². The van der Waals surface area contributed by atoms with Crippen molar-refractivity contribution in [1.82, 2.24) is 0 Å². The van der Waals surface area contributed by atoms with Gasteiger partial charge >= 0.3 is 0 Å². The van der Waals surface area contributed by atoms with Gasteiger partial charge in [0.15, 0.2) is 6.10 Å². The summed E-state index contributed by atoms with van der Waals surface area (Å²) in [6, 6.07) is 80.5. The molecule has 8 aromatic rings. The Morgan fingerprint density at radius 3 is 0.978 bits per heavy atom. The highest BCUT2D eigenvalue weighted by Gasteiger charge is 2.56. The van der Waals surface area contributed by atoms with Gasteiger partial charge in [0, 0.05) is 0 Å². The smallest absolute Gasteiger partial charge is 0.261 e. The summed E-state index contributed by atoms with van der Waals surface area (Å²) in [6.45, 7) is 16.5. The molecule has 13 heteroatoms. The van der Waals surface area contributed by atoms with E-state index in [0.29, 0.717) is 46.2 Å². The van der Waals surface area contributed by atoms with Gasteiger partial charge in [-0.2, -0.15) is 0 Å². The van der Waals surface area contributed by atoms with E-state index in [4.69, 9.17) is 47.4 Å². The number of hydrogen-bond donors (Lipinski definition) is 1. The molecular weight excluding hydrogens is 1170 g/mol. The van der Waals surface area contributed by atoms with Gasteiger partial charge in [-0.25, -0.2) is 0 Å². The highest BCUT2D eigenvalue weighted by atomic mass is 28.3. The first-order chi connectivity index (χ1) is 44.2. The number of ether oxygens (including phenoxy) is 10. The van der Waals surface area contributed by atoms with Crippen LogP contribution in [0.25, 0.3) is 0 Å². The van der Waals surface area contributed by atoms with Gasteiger partial charge in [-0.3, -0.25) is 0 Å². The first kappa shape index (κ1) is 68.2. The second-order valence-corrected chi connectivity index (χ2v) is 34.5. The predicted octanol–water partition coefficient (Wildman–Crippen LogP) is 14.5. The summed E-state index contributed by atoms with van der Waals surface area (Å²) < 4.78 is 65.9. The van der Waals surface area contributed by atoms with Crippen molar-refractivity contribution in [3.63, 3.8) is 0 Å². The largest absolute Gasteiger partial charge is 0.374 e. The molecule has 0 bridgehead atoms. The minimum absolute atomic E-state index is 0.155. The van der Waals surface area contributed by atoms with Gasteiger partial charge < -0.3 is 52.5 Å². The Labute approximate surface area is 541 Å². The Kier molecular flexibility index (Phi) is 26.3. The normalized spacial score (nSPS) is 22.3. The van der Waals surface area contributed by atoms with Gasteiger partial charge in [-0.1, -0.05) is 288 Å². The molecule has 0 amide bonds. The van der Waals surface area contributed by atoms with Crippen LogP contribution in [0, 0.1) is 22.9 Å². The third-order valence-electron chi connectivity index (χ3n) is 15.0. The average molecular weight is 1260 g/mol. The fraction of sp³-hybridized carbons (Fsp3) is 0.333. The average Bonchev–Trinajstić information content (AvgIpc) is 1.43. The number of benzene rings is 8. The second-order valence-electron chi connectivity index (χ2n) is 25.0. The Morgan fingerprint density at radius 2 is 0.626 bits per heavy atom. The quantitative estimate of drug-likeness (QED) is 0.0413. The van der Waals surface area contributed by atoms with Crippen LogP contribution in [0.3, 0.4) is 0 Å².